The number of hydroxylamine groups is 2. The SMILES string of the molecule is CC1(C)C(/C=C/C2=C(c3ccc(CCCCC(=O)ON4C(=O)CCC4=O)cc3)C(=C/C=C3/N(CCCS(=O)(=O)O)c4ccc(S(=O)(=O)O)cc4C3(C)C)/CCC2)=[N+](CCCS(=O)(=O)O)c2ccc(S(=O)(=O)[O-])cc21. The zero-order chi connectivity index (χ0) is 54.2. The second kappa shape index (κ2) is 21.5. The predicted octanol–water partition coefficient (Wildman–Crippen LogP) is 6.89. The molecule has 0 aromatic heterocycles. The van der Waals surface area contributed by atoms with Gasteiger partial charge in [-0.3, -0.25) is 23.2 Å². The monoisotopic (exact) mass is 1100 g/mol. The molecule has 0 bridgehead atoms. The summed E-state index contributed by atoms with van der Waals surface area (Å²) in [4.78, 5) is 42.3. The van der Waals surface area contributed by atoms with E-state index in [0.29, 0.717) is 77.5 Å². The highest BCUT2D eigenvalue weighted by molar-refractivity contribution is 7.86. The van der Waals surface area contributed by atoms with Crippen molar-refractivity contribution < 1.29 is 75.7 Å². The Labute approximate surface area is 431 Å². The number of fused-ring (bicyclic) bond motifs is 2. The molecule has 2 amide bonds. The van der Waals surface area contributed by atoms with Gasteiger partial charge in [0.2, 0.25) is 5.69 Å². The quantitative estimate of drug-likeness (QED) is 0.0449. The van der Waals surface area contributed by atoms with Crippen molar-refractivity contribution in [1.29, 1.82) is 0 Å². The number of benzene rings is 3. The highest BCUT2D eigenvalue weighted by Crippen LogP contribution is 2.49. The lowest BCUT2D eigenvalue weighted by Gasteiger charge is -2.27. The topological polar surface area (TPSA) is 290 Å². The van der Waals surface area contributed by atoms with Gasteiger partial charge < -0.3 is 14.3 Å². The minimum atomic E-state index is -4.84. The van der Waals surface area contributed by atoms with Gasteiger partial charge in [-0.1, -0.05) is 50.3 Å². The maximum Gasteiger partial charge on any atom is 0.333 e. The molecule has 0 saturated carbocycles. The fourth-order valence-corrected chi connectivity index (χ4v) is 12.1. The number of rotatable bonds is 20. The molecule has 0 unspecified atom stereocenters. The van der Waals surface area contributed by atoms with E-state index < -0.39 is 85.5 Å². The fraction of sp³-hybridized carbons (Fsp3) is 0.412. The highest BCUT2D eigenvalue weighted by Gasteiger charge is 2.45. The second-order valence-electron chi connectivity index (χ2n) is 19.8. The molecule has 3 aromatic rings. The van der Waals surface area contributed by atoms with E-state index in [9.17, 15) is 66.3 Å². The third kappa shape index (κ3) is 12.9. The molecule has 3 N–H and O–H groups in total. The van der Waals surface area contributed by atoms with Gasteiger partial charge >= 0.3 is 5.97 Å². The van der Waals surface area contributed by atoms with Crippen molar-refractivity contribution in [3.8, 4) is 0 Å². The Kier molecular flexibility index (Phi) is 16.3. The third-order valence-electron chi connectivity index (χ3n) is 13.8. The van der Waals surface area contributed by atoms with Gasteiger partial charge in [-0.05, 0) is 129 Å². The molecule has 3 aromatic carbocycles. The van der Waals surface area contributed by atoms with Crippen molar-refractivity contribution in [2.75, 3.05) is 29.5 Å². The summed E-state index contributed by atoms with van der Waals surface area (Å²) in [5.41, 5.74) is 6.30. The number of hydrogen-bond acceptors (Lipinski definition) is 14. The van der Waals surface area contributed by atoms with Gasteiger partial charge in [-0.15, -0.1) is 5.06 Å². The molecule has 4 aliphatic rings. The molecule has 74 heavy (non-hydrogen) atoms. The molecule has 23 heteroatoms. The van der Waals surface area contributed by atoms with Crippen LogP contribution in [0.3, 0.4) is 0 Å². The lowest BCUT2D eigenvalue weighted by Crippen LogP contribution is -2.31. The first kappa shape index (κ1) is 56.1. The first-order valence-electron chi connectivity index (χ1n) is 24.0. The number of hydrogen-bond donors (Lipinski definition) is 3. The molecule has 1 fully saturated rings. The largest absolute Gasteiger partial charge is 0.744 e. The van der Waals surface area contributed by atoms with Crippen LogP contribution in [0.5, 0.6) is 0 Å². The van der Waals surface area contributed by atoms with Crippen molar-refractivity contribution in [3.63, 3.8) is 0 Å². The number of unbranched alkanes of at least 4 members (excludes halogenated alkanes) is 1. The number of carbonyl (C=O) groups excluding carboxylic acids is 3. The normalized spacial score (nSPS) is 19.1. The minimum absolute atomic E-state index is 0.000690. The van der Waals surface area contributed by atoms with Crippen molar-refractivity contribution in [3.05, 3.63) is 124 Å². The molecule has 3 heterocycles. The van der Waals surface area contributed by atoms with E-state index in [2.05, 4.69) is 0 Å². The van der Waals surface area contributed by atoms with Gasteiger partial charge in [0.25, 0.3) is 42.2 Å². The maximum atomic E-state index is 12.4. The lowest BCUT2D eigenvalue weighted by atomic mass is 9.79. The Bertz CT molecular complexity index is 3390. The van der Waals surface area contributed by atoms with Gasteiger partial charge in [0, 0.05) is 66.7 Å². The summed E-state index contributed by atoms with van der Waals surface area (Å²) < 4.78 is 139. The van der Waals surface area contributed by atoms with Gasteiger partial charge in [0.15, 0.2) is 5.71 Å². The molecule has 3 aliphatic heterocycles. The first-order chi connectivity index (χ1) is 34.5. The van der Waals surface area contributed by atoms with Crippen molar-refractivity contribution >= 4 is 80.9 Å². The van der Waals surface area contributed by atoms with Crippen LogP contribution in [0.1, 0.15) is 114 Å². The molecule has 19 nitrogen and oxygen atoms in total. The average molecular weight is 1100 g/mol. The van der Waals surface area contributed by atoms with Crippen LogP contribution < -0.4 is 4.90 Å². The minimum Gasteiger partial charge on any atom is -0.744 e. The van der Waals surface area contributed by atoms with Gasteiger partial charge in [0.1, 0.15) is 16.7 Å². The Hall–Kier alpha value is -5.66. The fourth-order valence-electron chi connectivity index (χ4n) is 10.1. The molecule has 0 atom stereocenters. The second-order valence-corrected chi connectivity index (χ2v) is 25.7. The Balaban J connectivity index is 1.29. The summed E-state index contributed by atoms with van der Waals surface area (Å²) in [5, 5.41) is 0.527. The predicted molar refractivity (Wildman–Crippen MR) is 273 cm³/mol. The number of anilines is 1. The molecule has 398 valence electrons. The number of nitrogens with zero attached hydrogens (tertiary/aromatic N) is 3. The summed E-state index contributed by atoms with van der Waals surface area (Å²) in [6.07, 6.45) is 11.3. The van der Waals surface area contributed by atoms with Crippen molar-refractivity contribution in [1.82, 2.24) is 5.06 Å². The lowest BCUT2D eigenvalue weighted by molar-refractivity contribution is -0.437. The Morgan fingerprint density at radius 3 is 2.00 bits per heavy atom. The van der Waals surface area contributed by atoms with Crippen LogP contribution >= 0.6 is 0 Å². The van der Waals surface area contributed by atoms with Crippen LogP contribution in [-0.2, 0) is 76.9 Å². The number of aryl methyl sites for hydroxylation is 1. The first-order valence-corrected chi connectivity index (χ1v) is 30.1. The number of amides is 2. The maximum absolute atomic E-state index is 12.4. The van der Waals surface area contributed by atoms with Crippen molar-refractivity contribution in [2.24, 2.45) is 0 Å². The zero-order valence-electron chi connectivity index (χ0n) is 41.3. The molecule has 0 radical (unpaired) electrons. The van der Waals surface area contributed by atoms with Gasteiger partial charge in [-0.25, -0.2) is 13.2 Å². The number of carbonyl (C=O) groups is 3. The van der Waals surface area contributed by atoms with E-state index in [1.165, 1.54) is 30.3 Å². The zero-order valence-corrected chi connectivity index (χ0v) is 44.6. The highest BCUT2D eigenvalue weighted by atomic mass is 32.2. The number of imide groups is 1. The van der Waals surface area contributed by atoms with Crippen LogP contribution in [0, 0.1) is 0 Å². The summed E-state index contributed by atoms with van der Waals surface area (Å²) in [5.74, 6) is -2.84. The molecule has 1 aliphatic carbocycles. The Morgan fingerprint density at radius 1 is 0.730 bits per heavy atom. The van der Waals surface area contributed by atoms with Crippen LogP contribution in [0.25, 0.3) is 5.57 Å². The van der Waals surface area contributed by atoms with Gasteiger partial charge in [-0.2, -0.15) is 29.8 Å². The van der Waals surface area contributed by atoms with E-state index in [0.717, 1.165) is 27.8 Å². The third-order valence-corrected chi connectivity index (χ3v) is 17.1. The van der Waals surface area contributed by atoms with Gasteiger partial charge in [0.05, 0.1) is 26.7 Å². The summed E-state index contributed by atoms with van der Waals surface area (Å²) in [7, 11) is -18.1. The Morgan fingerprint density at radius 2 is 1.36 bits per heavy atom. The van der Waals surface area contributed by atoms with E-state index >= 15 is 0 Å². The molecular formula is C51H59N3O16S4. The van der Waals surface area contributed by atoms with Crippen LogP contribution in [0.2, 0.25) is 0 Å². The van der Waals surface area contributed by atoms with Crippen molar-refractivity contribution in [2.45, 2.75) is 119 Å². The van der Waals surface area contributed by atoms with Crippen LogP contribution in [-0.4, -0.2) is 110 Å². The van der Waals surface area contributed by atoms with E-state index in [1.807, 2.05) is 85.7 Å². The summed E-state index contributed by atoms with van der Waals surface area (Å²) in [6, 6.07) is 16.2. The van der Waals surface area contributed by atoms with Crippen LogP contribution in [0.15, 0.2) is 112 Å². The number of allylic oxidation sites excluding steroid dienone is 8. The molecule has 7 rings (SSSR count). The van der Waals surface area contributed by atoms with Crippen LogP contribution in [0.4, 0.5) is 11.4 Å². The smallest absolute Gasteiger partial charge is 0.333 e. The molecular weight excluding hydrogens is 1040 g/mol. The molecule has 1 saturated heterocycles. The van der Waals surface area contributed by atoms with E-state index in [-0.39, 0.29) is 50.1 Å². The standard InChI is InChI=1S/C51H59N3O16S4/c1-50(2)40-32-38(73(64,65)66)20-22-42(40)52(28-8-30-71(58,59)60)44(50)24-18-35-11-7-12-36(49(35)37-16-14-34(15-17-37)10-5-6-13-48(57)70-54-46(55)26-27-47(54)56)19-25-45-51(3,4)41-33-39(74(67,68)69)21-23-43(41)53(45)29-9-31-72(61,62)63/h14-25,32-33H,5-13,26-31H2,1-4H3,(H3-,58,59,60,61,62,63,64,65,66,67,68,69). The van der Waals surface area contributed by atoms with E-state index in [1.54, 1.807) is 6.07 Å². The average Bonchev–Trinajstić information content (AvgIpc) is 3.81. The summed E-state index contributed by atoms with van der Waals surface area (Å²) in [6.45, 7) is 7.74. The van der Waals surface area contributed by atoms with E-state index in [4.69, 9.17) is 4.84 Å². The molecule has 0 spiro atoms. The summed E-state index contributed by atoms with van der Waals surface area (Å²) >= 11 is 0.